The minimum atomic E-state index is 0.0638. The van der Waals surface area contributed by atoms with Crippen LogP contribution < -0.4 is 5.32 Å². The summed E-state index contributed by atoms with van der Waals surface area (Å²) in [6.45, 7) is 2.91. The summed E-state index contributed by atoms with van der Waals surface area (Å²) >= 11 is 0. The Balaban J connectivity index is 1.83. The molecule has 0 aromatic heterocycles. The summed E-state index contributed by atoms with van der Waals surface area (Å²) < 4.78 is 0. The maximum Gasteiger partial charge on any atom is 0.242 e. The Bertz CT molecular complexity index is 300. The molecule has 2 amide bonds. The molecular formula is C12H21N3O2. The lowest BCUT2D eigenvalue weighted by molar-refractivity contribution is -0.139. The summed E-state index contributed by atoms with van der Waals surface area (Å²) in [6, 6.07) is 0.286. The van der Waals surface area contributed by atoms with Crippen LogP contribution in [-0.2, 0) is 9.59 Å². The van der Waals surface area contributed by atoms with Crippen molar-refractivity contribution in [1.29, 1.82) is 0 Å². The second-order valence-corrected chi connectivity index (χ2v) is 4.92. The second kappa shape index (κ2) is 5.49. The van der Waals surface area contributed by atoms with Crippen LogP contribution in [0.5, 0.6) is 0 Å². The Morgan fingerprint density at radius 3 is 2.94 bits per heavy atom. The Kier molecular flexibility index (Phi) is 3.99. The van der Waals surface area contributed by atoms with Gasteiger partial charge in [-0.1, -0.05) is 0 Å². The number of nitrogens with one attached hydrogen (secondary N) is 1. The highest BCUT2D eigenvalue weighted by atomic mass is 16.2. The van der Waals surface area contributed by atoms with E-state index in [4.69, 9.17) is 0 Å². The van der Waals surface area contributed by atoms with Crippen LogP contribution in [0.1, 0.15) is 25.7 Å². The molecule has 2 heterocycles. The van der Waals surface area contributed by atoms with Crippen molar-refractivity contribution in [3.8, 4) is 0 Å². The van der Waals surface area contributed by atoms with E-state index in [1.54, 1.807) is 9.80 Å². The van der Waals surface area contributed by atoms with E-state index in [0.29, 0.717) is 6.42 Å². The van der Waals surface area contributed by atoms with Crippen LogP contribution in [0, 0.1) is 0 Å². The first kappa shape index (κ1) is 12.4. The van der Waals surface area contributed by atoms with Gasteiger partial charge in [-0.2, -0.15) is 0 Å². The van der Waals surface area contributed by atoms with Gasteiger partial charge >= 0.3 is 0 Å². The first-order chi connectivity index (χ1) is 8.18. The third kappa shape index (κ3) is 2.97. The van der Waals surface area contributed by atoms with Crippen molar-refractivity contribution in [3.63, 3.8) is 0 Å². The molecule has 2 aliphatic rings. The van der Waals surface area contributed by atoms with Crippen molar-refractivity contribution in [2.45, 2.75) is 31.7 Å². The number of carbonyl (C=O) groups excluding carboxylic acids is 2. The number of rotatable bonds is 3. The number of amides is 2. The Hall–Kier alpha value is -1.10. The van der Waals surface area contributed by atoms with Crippen LogP contribution in [-0.4, -0.2) is 60.9 Å². The predicted octanol–water partition coefficient (Wildman–Crippen LogP) is -0.181. The van der Waals surface area contributed by atoms with Crippen molar-refractivity contribution >= 4 is 11.8 Å². The van der Waals surface area contributed by atoms with Crippen molar-refractivity contribution in [2.75, 3.05) is 33.2 Å². The zero-order chi connectivity index (χ0) is 12.3. The van der Waals surface area contributed by atoms with Gasteiger partial charge in [0, 0.05) is 32.6 Å². The quantitative estimate of drug-likeness (QED) is 0.743. The number of hydrogen-bond acceptors (Lipinski definition) is 3. The molecule has 0 aliphatic carbocycles. The molecule has 1 N–H and O–H groups in total. The van der Waals surface area contributed by atoms with Crippen LogP contribution in [0.25, 0.3) is 0 Å². The van der Waals surface area contributed by atoms with Gasteiger partial charge < -0.3 is 15.1 Å². The molecule has 2 fully saturated rings. The van der Waals surface area contributed by atoms with Crippen molar-refractivity contribution in [2.24, 2.45) is 0 Å². The first-order valence-electron chi connectivity index (χ1n) is 6.42. The van der Waals surface area contributed by atoms with Gasteiger partial charge in [-0.25, -0.2) is 0 Å². The van der Waals surface area contributed by atoms with Gasteiger partial charge in [-0.05, 0) is 25.8 Å². The van der Waals surface area contributed by atoms with Gasteiger partial charge in [0.2, 0.25) is 11.8 Å². The molecule has 0 aromatic rings. The van der Waals surface area contributed by atoms with E-state index in [0.717, 1.165) is 38.9 Å². The number of hydrogen-bond donors (Lipinski definition) is 1. The minimum Gasteiger partial charge on any atom is -0.340 e. The van der Waals surface area contributed by atoms with E-state index in [2.05, 4.69) is 5.32 Å². The summed E-state index contributed by atoms with van der Waals surface area (Å²) in [5.74, 6) is 0.183. The second-order valence-electron chi connectivity index (χ2n) is 4.92. The lowest BCUT2D eigenvalue weighted by Gasteiger charge is -2.32. The molecule has 0 spiro atoms. The van der Waals surface area contributed by atoms with Crippen LogP contribution >= 0.6 is 0 Å². The largest absolute Gasteiger partial charge is 0.340 e. The normalized spacial score (nSPS) is 25.1. The summed E-state index contributed by atoms with van der Waals surface area (Å²) in [7, 11) is 1.85. The molecular weight excluding hydrogens is 218 g/mol. The fraction of sp³-hybridized carbons (Fsp3) is 0.833. The highest BCUT2D eigenvalue weighted by Gasteiger charge is 2.27. The lowest BCUT2D eigenvalue weighted by Crippen LogP contribution is -2.49. The number of nitrogens with zero attached hydrogens (tertiary/aromatic N) is 2. The maximum atomic E-state index is 12.0. The van der Waals surface area contributed by atoms with Gasteiger partial charge in [-0.15, -0.1) is 0 Å². The van der Waals surface area contributed by atoms with Gasteiger partial charge in [0.05, 0.1) is 6.54 Å². The summed E-state index contributed by atoms with van der Waals surface area (Å²) in [5.41, 5.74) is 0. The average molecular weight is 239 g/mol. The number of carbonyl (C=O) groups is 2. The molecule has 1 atom stereocenters. The van der Waals surface area contributed by atoms with Gasteiger partial charge in [0.1, 0.15) is 0 Å². The molecule has 96 valence electrons. The molecule has 0 radical (unpaired) electrons. The van der Waals surface area contributed by atoms with Crippen molar-refractivity contribution in [1.82, 2.24) is 15.1 Å². The van der Waals surface area contributed by atoms with Crippen molar-refractivity contribution in [3.05, 3.63) is 0 Å². The van der Waals surface area contributed by atoms with Gasteiger partial charge in [0.25, 0.3) is 0 Å². The molecule has 2 aliphatic heterocycles. The fourth-order valence-electron chi connectivity index (χ4n) is 2.51. The summed E-state index contributed by atoms with van der Waals surface area (Å²) in [6.07, 6.45) is 3.66. The molecule has 0 saturated carbocycles. The minimum absolute atomic E-state index is 0.0638. The van der Waals surface area contributed by atoms with E-state index in [1.165, 1.54) is 0 Å². The monoisotopic (exact) mass is 239 g/mol. The Morgan fingerprint density at radius 1 is 1.53 bits per heavy atom. The summed E-state index contributed by atoms with van der Waals surface area (Å²) in [4.78, 5) is 27.0. The highest BCUT2D eigenvalue weighted by Crippen LogP contribution is 2.12. The average Bonchev–Trinajstić information content (AvgIpc) is 2.75. The van der Waals surface area contributed by atoms with Gasteiger partial charge in [-0.3, -0.25) is 9.59 Å². The van der Waals surface area contributed by atoms with E-state index < -0.39 is 0 Å². The van der Waals surface area contributed by atoms with E-state index in [-0.39, 0.29) is 24.4 Å². The third-order valence-corrected chi connectivity index (χ3v) is 3.71. The molecule has 5 heteroatoms. The standard InChI is InChI=1S/C12H21N3O2/c1-14(10-4-2-6-13-8-10)12(17)9-15-7-3-5-11(15)16/h10,13H,2-9H2,1H3. The summed E-state index contributed by atoms with van der Waals surface area (Å²) in [5, 5.41) is 3.30. The SMILES string of the molecule is CN(C(=O)CN1CCCC1=O)C1CCCNC1. The number of likely N-dealkylation sites (N-methyl/N-ethyl adjacent to an activating group) is 1. The third-order valence-electron chi connectivity index (χ3n) is 3.71. The lowest BCUT2D eigenvalue weighted by atomic mass is 10.1. The molecule has 0 aromatic carbocycles. The molecule has 1 unspecified atom stereocenters. The number of likely N-dealkylation sites (tertiary alicyclic amines) is 1. The maximum absolute atomic E-state index is 12.0. The van der Waals surface area contributed by atoms with Gasteiger partial charge in [0.15, 0.2) is 0 Å². The Labute approximate surface area is 102 Å². The van der Waals surface area contributed by atoms with Crippen LogP contribution in [0.4, 0.5) is 0 Å². The number of piperidine rings is 1. The van der Waals surface area contributed by atoms with E-state index in [1.807, 2.05) is 7.05 Å². The topological polar surface area (TPSA) is 52.7 Å². The zero-order valence-electron chi connectivity index (χ0n) is 10.4. The molecule has 2 rings (SSSR count). The van der Waals surface area contributed by atoms with Crippen LogP contribution in [0.3, 0.4) is 0 Å². The van der Waals surface area contributed by atoms with E-state index >= 15 is 0 Å². The van der Waals surface area contributed by atoms with Crippen molar-refractivity contribution < 1.29 is 9.59 Å². The molecule has 17 heavy (non-hydrogen) atoms. The van der Waals surface area contributed by atoms with Crippen LogP contribution in [0.2, 0.25) is 0 Å². The Morgan fingerprint density at radius 2 is 2.35 bits per heavy atom. The van der Waals surface area contributed by atoms with Crippen LogP contribution in [0.15, 0.2) is 0 Å². The first-order valence-corrected chi connectivity index (χ1v) is 6.42. The fourth-order valence-corrected chi connectivity index (χ4v) is 2.51. The van der Waals surface area contributed by atoms with E-state index in [9.17, 15) is 9.59 Å². The molecule has 2 saturated heterocycles. The molecule has 5 nitrogen and oxygen atoms in total. The molecule has 0 bridgehead atoms. The highest BCUT2D eigenvalue weighted by molar-refractivity contribution is 5.85. The zero-order valence-corrected chi connectivity index (χ0v) is 10.4. The predicted molar refractivity (Wildman–Crippen MR) is 64.5 cm³/mol. The smallest absolute Gasteiger partial charge is 0.242 e.